The second kappa shape index (κ2) is 6.30. The predicted octanol–water partition coefficient (Wildman–Crippen LogP) is 3.80. The highest BCUT2D eigenvalue weighted by atomic mass is 19.1. The average Bonchev–Trinajstić information content (AvgIpc) is 2.46. The fourth-order valence-electron chi connectivity index (χ4n) is 1.85. The molecule has 2 aromatic rings. The molecule has 0 fully saturated rings. The fourth-order valence-corrected chi connectivity index (χ4v) is 1.85. The van der Waals surface area contributed by atoms with Crippen LogP contribution in [-0.2, 0) is 11.3 Å². The summed E-state index contributed by atoms with van der Waals surface area (Å²) in [6.07, 6.45) is -0.191. The SMILES string of the molecule is CC(OCc1cc(C(=O)O)ccc1F)c1ccccc1. The normalized spacial score (nSPS) is 12.1. The number of rotatable bonds is 5. The molecule has 104 valence electrons. The first-order valence-corrected chi connectivity index (χ1v) is 6.26. The van der Waals surface area contributed by atoms with Crippen LogP contribution in [0.4, 0.5) is 4.39 Å². The first-order chi connectivity index (χ1) is 9.58. The molecule has 0 spiro atoms. The van der Waals surface area contributed by atoms with Crippen molar-refractivity contribution in [2.24, 2.45) is 0 Å². The number of carbonyl (C=O) groups is 1. The molecule has 0 heterocycles. The molecule has 20 heavy (non-hydrogen) atoms. The molecule has 1 atom stereocenters. The highest BCUT2D eigenvalue weighted by molar-refractivity contribution is 5.87. The number of ether oxygens (including phenoxy) is 1. The summed E-state index contributed by atoms with van der Waals surface area (Å²) in [5.41, 5.74) is 1.28. The van der Waals surface area contributed by atoms with E-state index in [4.69, 9.17) is 9.84 Å². The zero-order valence-corrected chi connectivity index (χ0v) is 11.0. The minimum Gasteiger partial charge on any atom is -0.478 e. The first kappa shape index (κ1) is 14.2. The molecule has 0 aliphatic heterocycles. The van der Waals surface area contributed by atoms with E-state index in [2.05, 4.69) is 0 Å². The molecule has 0 amide bonds. The summed E-state index contributed by atoms with van der Waals surface area (Å²) in [5, 5.41) is 8.89. The van der Waals surface area contributed by atoms with Gasteiger partial charge in [-0.2, -0.15) is 0 Å². The topological polar surface area (TPSA) is 46.5 Å². The van der Waals surface area contributed by atoms with Gasteiger partial charge in [0.25, 0.3) is 0 Å². The molecule has 0 bridgehead atoms. The minimum atomic E-state index is -1.08. The lowest BCUT2D eigenvalue weighted by Gasteiger charge is -2.14. The van der Waals surface area contributed by atoms with Crippen LogP contribution in [0.1, 0.15) is 34.5 Å². The molecular weight excluding hydrogens is 259 g/mol. The van der Waals surface area contributed by atoms with Gasteiger partial charge in [0, 0.05) is 5.56 Å². The smallest absolute Gasteiger partial charge is 0.335 e. The van der Waals surface area contributed by atoms with Crippen molar-refractivity contribution in [1.82, 2.24) is 0 Å². The van der Waals surface area contributed by atoms with Gasteiger partial charge in [0.2, 0.25) is 0 Å². The van der Waals surface area contributed by atoms with Crippen LogP contribution in [0, 0.1) is 5.82 Å². The van der Waals surface area contributed by atoms with Crippen molar-refractivity contribution >= 4 is 5.97 Å². The summed E-state index contributed by atoms with van der Waals surface area (Å²) in [6, 6.07) is 13.3. The van der Waals surface area contributed by atoms with Crippen LogP contribution in [0.5, 0.6) is 0 Å². The van der Waals surface area contributed by atoms with E-state index in [-0.39, 0.29) is 23.8 Å². The van der Waals surface area contributed by atoms with Crippen molar-refractivity contribution in [2.45, 2.75) is 19.6 Å². The molecule has 0 saturated heterocycles. The molecule has 3 nitrogen and oxygen atoms in total. The van der Waals surface area contributed by atoms with E-state index in [1.54, 1.807) is 0 Å². The molecule has 0 saturated carbocycles. The van der Waals surface area contributed by atoms with Crippen LogP contribution in [0.25, 0.3) is 0 Å². The van der Waals surface area contributed by atoms with Gasteiger partial charge >= 0.3 is 5.97 Å². The van der Waals surface area contributed by atoms with Crippen molar-refractivity contribution in [3.63, 3.8) is 0 Å². The minimum absolute atomic E-state index is 0.0308. The molecule has 0 aliphatic carbocycles. The molecule has 4 heteroatoms. The van der Waals surface area contributed by atoms with Crippen molar-refractivity contribution in [2.75, 3.05) is 0 Å². The van der Waals surface area contributed by atoms with Crippen molar-refractivity contribution in [3.8, 4) is 0 Å². The summed E-state index contributed by atoms with van der Waals surface area (Å²) >= 11 is 0. The molecular formula is C16H15FO3. The van der Waals surface area contributed by atoms with Crippen LogP contribution < -0.4 is 0 Å². The van der Waals surface area contributed by atoms with Crippen molar-refractivity contribution in [1.29, 1.82) is 0 Å². The Morgan fingerprint density at radius 3 is 2.60 bits per heavy atom. The average molecular weight is 274 g/mol. The van der Waals surface area contributed by atoms with E-state index < -0.39 is 11.8 Å². The molecule has 1 unspecified atom stereocenters. The summed E-state index contributed by atoms with van der Waals surface area (Å²) in [4.78, 5) is 10.9. The highest BCUT2D eigenvalue weighted by Gasteiger charge is 2.11. The zero-order valence-electron chi connectivity index (χ0n) is 11.0. The Balaban J connectivity index is 2.07. The monoisotopic (exact) mass is 274 g/mol. The van der Waals surface area contributed by atoms with Gasteiger partial charge in [0.1, 0.15) is 5.82 Å². The fraction of sp³-hybridized carbons (Fsp3) is 0.188. The predicted molar refractivity (Wildman–Crippen MR) is 73.0 cm³/mol. The zero-order chi connectivity index (χ0) is 14.5. The van der Waals surface area contributed by atoms with E-state index in [0.29, 0.717) is 0 Å². The maximum atomic E-state index is 13.6. The van der Waals surface area contributed by atoms with E-state index in [0.717, 1.165) is 11.6 Å². The number of carboxylic acids is 1. The summed E-state index contributed by atoms with van der Waals surface area (Å²) in [5.74, 6) is -1.54. The van der Waals surface area contributed by atoms with Gasteiger partial charge in [0.05, 0.1) is 18.3 Å². The third-order valence-electron chi connectivity index (χ3n) is 3.05. The van der Waals surface area contributed by atoms with Crippen LogP contribution >= 0.6 is 0 Å². The van der Waals surface area contributed by atoms with Crippen LogP contribution in [0.3, 0.4) is 0 Å². The largest absolute Gasteiger partial charge is 0.478 e. The third-order valence-corrected chi connectivity index (χ3v) is 3.05. The standard InChI is InChI=1S/C16H15FO3/c1-11(12-5-3-2-4-6-12)20-10-14-9-13(16(18)19)7-8-15(14)17/h2-9,11H,10H2,1H3,(H,18,19). The number of benzene rings is 2. The molecule has 2 rings (SSSR count). The van der Waals surface area contributed by atoms with Gasteiger partial charge in [-0.25, -0.2) is 9.18 Å². The van der Waals surface area contributed by atoms with Crippen molar-refractivity contribution < 1.29 is 19.0 Å². The summed E-state index contributed by atoms with van der Waals surface area (Å²) in [6.45, 7) is 1.90. The van der Waals surface area contributed by atoms with Crippen molar-refractivity contribution in [3.05, 3.63) is 71.0 Å². The molecule has 0 aromatic heterocycles. The number of carboxylic acid groups (broad SMARTS) is 1. The molecule has 0 radical (unpaired) electrons. The van der Waals surface area contributed by atoms with Crippen LogP contribution in [0.2, 0.25) is 0 Å². The Morgan fingerprint density at radius 1 is 1.25 bits per heavy atom. The van der Waals surface area contributed by atoms with Gasteiger partial charge in [-0.15, -0.1) is 0 Å². The third kappa shape index (κ3) is 3.42. The lowest BCUT2D eigenvalue weighted by molar-refractivity contribution is 0.0507. The van der Waals surface area contributed by atoms with E-state index in [1.807, 2.05) is 37.3 Å². The Labute approximate surface area is 116 Å². The van der Waals surface area contributed by atoms with Gasteiger partial charge in [-0.05, 0) is 30.7 Å². The maximum absolute atomic E-state index is 13.6. The number of hydrogen-bond donors (Lipinski definition) is 1. The lowest BCUT2D eigenvalue weighted by Crippen LogP contribution is -2.04. The Morgan fingerprint density at radius 2 is 1.95 bits per heavy atom. The van der Waals surface area contributed by atoms with E-state index >= 15 is 0 Å². The molecule has 2 aromatic carbocycles. The Bertz CT molecular complexity index is 596. The number of hydrogen-bond acceptors (Lipinski definition) is 2. The van der Waals surface area contributed by atoms with Gasteiger partial charge < -0.3 is 9.84 Å². The second-order valence-electron chi connectivity index (χ2n) is 4.48. The Hall–Kier alpha value is -2.20. The van der Waals surface area contributed by atoms with E-state index in [9.17, 15) is 9.18 Å². The first-order valence-electron chi connectivity index (χ1n) is 6.26. The maximum Gasteiger partial charge on any atom is 0.335 e. The van der Waals surface area contributed by atoms with Gasteiger partial charge in [0.15, 0.2) is 0 Å². The van der Waals surface area contributed by atoms with Gasteiger partial charge in [-0.3, -0.25) is 0 Å². The highest BCUT2D eigenvalue weighted by Crippen LogP contribution is 2.19. The molecule has 1 N–H and O–H groups in total. The van der Waals surface area contributed by atoms with Gasteiger partial charge in [-0.1, -0.05) is 30.3 Å². The van der Waals surface area contributed by atoms with Crippen LogP contribution in [-0.4, -0.2) is 11.1 Å². The van der Waals surface area contributed by atoms with Crippen LogP contribution in [0.15, 0.2) is 48.5 Å². The number of halogens is 1. The molecule has 0 aliphatic rings. The Kier molecular flexibility index (Phi) is 4.48. The summed E-state index contributed by atoms with van der Waals surface area (Å²) < 4.78 is 19.2. The summed E-state index contributed by atoms with van der Waals surface area (Å²) in [7, 11) is 0. The lowest BCUT2D eigenvalue weighted by atomic mass is 10.1. The second-order valence-corrected chi connectivity index (χ2v) is 4.48. The quantitative estimate of drug-likeness (QED) is 0.902. The number of aromatic carboxylic acids is 1. The van der Waals surface area contributed by atoms with E-state index in [1.165, 1.54) is 12.1 Å².